The smallest absolute Gasteiger partial charge is 0.408 e. The van der Waals surface area contributed by atoms with Crippen LogP contribution in [0.4, 0.5) is 9.59 Å². The van der Waals surface area contributed by atoms with E-state index in [0.717, 1.165) is 37.7 Å². The van der Waals surface area contributed by atoms with Crippen LogP contribution in [0, 0.1) is 5.41 Å². The Hall–Kier alpha value is -3.10. The minimum absolute atomic E-state index is 0.128. The molecule has 3 N–H and O–H groups in total. The third-order valence-corrected chi connectivity index (χ3v) is 7.65. The Balaban J connectivity index is 1.56. The van der Waals surface area contributed by atoms with Crippen LogP contribution >= 0.6 is 0 Å². The largest absolute Gasteiger partial charge is 0.444 e. The molecule has 4 amide bonds. The summed E-state index contributed by atoms with van der Waals surface area (Å²) in [7, 11) is 0. The van der Waals surface area contributed by atoms with Crippen LogP contribution < -0.4 is 16.0 Å². The fourth-order valence-corrected chi connectivity index (χ4v) is 5.20. The maximum absolute atomic E-state index is 13.0. The number of ether oxygens (including phenoxy) is 1. The summed E-state index contributed by atoms with van der Waals surface area (Å²) in [6.07, 6.45) is 5.99. The number of hydrogen-bond acceptors (Lipinski definition) is 5. The van der Waals surface area contributed by atoms with Gasteiger partial charge in [0.1, 0.15) is 12.1 Å². The molecule has 0 unspecified atom stereocenters. The number of alkyl carbamates (subject to hydrolysis) is 1. The van der Waals surface area contributed by atoms with Gasteiger partial charge in [0.25, 0.3) is 5.91 Å². The molecule has 38 heavy (non-hydrogen) atoms. The normalized spacial score (nSPS) is 20.7. The van der Waals surface area contributed by atoms with Gasteiger partial charge in [0, 0.05) is 18.0 Å². The number of carbonyl (C=O) groups is 4. The molecule has 1 saturated heterocycles. The molecule has 0 aromatic heterocycles. The molecule has 1 aromatic carbocycles. The lowest BCUT2D eigenvalue weighted by molar-refractivity contribution is -0.139. The first kappa shape index (κ1) is 29.5. The number of rotatable bonds is 10. The fraction of sp³-hybridized carbons (Fsp3) is 0.655. The summed E-state index contributed by atoms with van der Waals surface area (Å²) in [5.41, 5.74) is 0.429. The van der Waals surface area contributed by atoms with Crippen molar-refractivity contribution in [1.82, 2.24) is 20.9 Å². The Morgan fingerprint density at radius 3 is 2.39 bits per heavy atom. The zero-order valence-electron chi connectivity index (χ0n) is 23.3. The molecule has 0 spiro atoms. The number of urea groups is 1. The highest BCUT2D eigenvalue weighted by Gasteiger charge is 2.44. The molecule has 1 aliphatic heterocycles. The molecule has 1 saturated carbocycles. The van der Waals surface area contributed by atoms with E-state index < -0.39 is 35.3 Å². The van der Waals surface area contributed by atoms with Crippen LogP contribution in [0.25, 0.3) is 0 Å². The molecule has 1 heterocycles. The summed E-state index contributed by atoms with van der Waals surface area (Å²) in [6.45, 7) is 8.43. The van der Waals surface area contributed by atoms with Crippen molar-refractivity contribution in [3.05, 3.63) is 35.9 Å². The van der Waals surface area contributed by atoms with Gasteiger partial charge in [-0.3, -0.25) is 9.59 Å². The van der Waals surface area contributed by atoms with Crippen LogP contribution in [0.15, 0.2) is 30.3 Å². The molecule has 9 nitrogen and oxygen atoms in total. The first-order chi connectivity index (χ1) is 18.1. The van der Waals surface area contributed by atoms with Gasteiger partial charge in [0.05, 0.1) is 12.6 Å². The number of benzene rings is 1. The fourth-order valence-electron chi connectivity index (χ4n) is 5.20. The van der Waals surface area contributed by atoms with Crippen LogP contribution in [0.2, 0.25) is 0 Å². The van der Waals surface area contributed by atoms with E-state index in [-0.39, 0.29) is 24.7 Å². The van der Waals surface area contributed by atoms with E-state index in [1.807, 2.05) is 58.0 Å². The summed E-state index contributed by atoms with van der Waals surface area (Å²) in [4.78, 5) is 53.2. The van der Waals surface area contributed by atoms with Gasteiger partial charge in [-0.1, -0.05) is 83.2 Å². The van der Waals surface area contributed by atoms with Crippen molar-refractivity contribution >= 4 is 23.8 Å². The van der Waals surface area contributed by atoms with Crippen LogP contribution in [0.5, 0.6) is 0 Å². The monoisotopic (exact) mass is 528 g/mol. The Kier molecular flexibility index (Phi) is 10.6. The van der Waals surface area contributed by atoms with Crippen LogP contribution in [-0.4, -0.2) is 60.0 Å². The lowest BCUT2D eigenvalue weighted by Gasteiger charge is -2.26. The van der Waals surface area contributed by atoms with Gasteiger partial charge in [-0.15, -0.1) is 0 Å². The highest BCUT2D eigenvalue weighted by atomic mass is 16.6. The molecule has 3 atom stereocenters. The van der Waals surface area contributed by atoms with Gasteiger partial charge in [-0.25, -0.2) is 9.59 Å². The van der Waals surface area contributed by atoms with Crippen LogP contribution in [0.1, 0.15) is 90.7 Å². The topological polar surface area (TPSA) is 117 Å². The first-order valence-corrected chi connectivity index (χ1v) is 14.0. The second-order valence-electron chi connectivity index (χ2n) is 11.4. The van der Waals surface area contributed by atoms with Crippen LogP contribution in [-0.2, 0) is 14.3 Å². The molecule has 3 rings (SSSR count). The van der Waals surface area contributed by atoms with E-state index in [0.29, 0.717) is 19.4 Å². The zero-order valence-corrected chi connectivity index (χ0v) is 23.3. The van der Waals surface area contributed by atoms with E-state index in [1.165, 1.54) is 6.42 Å². The van der Waals surface area contributed by atoms with E-state index in [2.05, 4.69) is 16.0 Å². The van der Waals surface area contributed by atoms with Gasteiger partial charge in [0.15, 0.2) is 0 Å². The third kappa shape index (κ3) is 8.20. The van der Waals surface area contributed by atoms with Crippen molar-refractivity contribution in [2.24, 2.45) is 5.41 Å². The minimum Gasteiger partial charge on any atom is -0.444 e. The number of amides is 4. The van der Waals surface area contributed by atoms with Gasteiger partial charge in [0.2, 0.25) is 5.78 Å². The summed E-state index contributed by atoms with van der Waals surface area (Å²) in [5.74, 6) is -1.44. The second kappa shape index (κ2) is 13.6. The van der Waals surface area contributed by atoms with Crippen LogP contribution in [0.3, 0.4) is 0 Å². The number of Topliss-reactive ketones (excluding diaryl/α,β-unsaturated/α-hetero) is 1. The maximum atomic E-state index is 13.0. The number of hydrogen-bond donors (Lipinski definition) is 3. The predicted molar refractivity (Wildman–Crippen MR) is 145 cm³/mol. The first-order valence-electron chi connectivity index (χ1n) is 14.0. The molecule has 2 aliphatic rings. The highest BCUT2D eigenvalue weighted by Crippen LogP contribution is 2.32. The van der Waals surface area contributed by atoms with Gasteiger partial charge in [-0.2, -0.15) is 0 Å². The average molecular weight is 529 g/mol. The number of likely N-dealkylation sites (tertiary alicyclic amines) is 1. The predicted octanol–water partition coefficient (Wildman–Crippen LogP) is 4.47. The van der Waals surface area contributed by atoms with Crippen molar-refractivity contribution in [3.63, 3.8) is 0 Å². The van der Waals surface area contributed by atoms with Gasteiger partial charge >= 0.3 is 12.1 Å². The number of unbranched alkanes of at least 4 members (excludes halogenated alkanes) is 1. The SMILES string of the molecule is CCCC[C@H](NC(=O)O[C@H]1CN(C(=O)NC2CCCCC2)CC1(C)C)C(=O)C(=O)N[C@H](C)c1ccccc1. The quantitative estimate of drug-likeness (QED) is 0.388. The third-order valence-electron chi connectivity index (χ3n) is 7.65. The maximum Gasteiger partial charge on any atom is 0.408 e. The molecule has 210 valence electrons. The Labute approximate surface area is 226 Å². The minimum atomic E-state index is -0.986. The summed E-state index contributed by atoms with van der Waals surface area (Å²) in [5, 5.41) is 8.49. The van der Waals surface area contributed by atoms with Gasteiger partial charge in [-0.05, 0) is 31.7 Å². The molecular weight excluding hydrogens is 484 g/mol. The molecular formula is C29H44N4O5. The molecule has 2 fully saturated rings. The van der Waals surface area contributed by atoms with E-state index in [9.17, 15) is 19.2 Å². The highest BCUT2D eigenvalue weighted by molar-refractivity contribution is 6.38. The summed E-state index contributed by atoms with van der Waals surface area (Å²) < 4.78 is 5.73. The van der Waals surface area contributed by atoms with Crippen molar-refractivity contribution in [1.29, 1.82) is 0 Å². The molecule has 1 aromatic rings. The Bertz CT molecular complexity index is 961. The van der Waals surface area contributed by atoms with Crippen molar-refractivity contribution in [2.45, 2.75) is 103 Å². The zero-order chi connectivity index (χ0) is 27.7. The Morgan fingerprint density at radius 2 is 1.74 bits per heavy atom. The average Bonchev–Trinajstić information content (AvgIpc) is 3.20. The van der Waals surface area contributed by atoms with E-state index in [4.69, 9.17) is 4.74 Å². The van der Waals surface area contributed by atoms with E-state index >= 15 is 0 Å². The summed E-state index contributed by atoms with van der Waals surface area (Å²) in [6, 6.07) is 8.11. The second-order valence-corrected chi connectivity index (χ2v) is 11.4. The molecule has 9 heteroatoms. The van der Waals surface area contributed by atoms with Gasteiger partial charge < -0.3 is 25.6 Å². The standard InChI is InChI=1S/C29H44N4O5/c1-5-6-17-23(25(34)26(35)30-20(2)21-13-9-7-10-14-21)32-28(37)38-24-18-33(19-29(24,3)4)27(36)31-22-15-11-8-12-16-22/h7,9-10,13-14,20,22-24H,5-6,8,11-12,15-19H2,1-4H3,(H,30,35)(H,31,36)(H,32,37)/t20-,23+,24+/m1/s1. The van der Waals surface area contributed by atoms with Crippen molar-refractivity contribution in [2.75, 3.05) is 13.1 Å². The lowest BCUT2D eigenvalue weighted by Crippen LogP contribution is -2.49. The molecule has 0 radical (unpaired) electrons. The number of carbonyl (C=O) groups excluding carboxylic acids is 4. The van der Waals surface area contributed by atoms with Crippen molar-refractivity contribution < 1.29 is 23.9 Å². The molecule has 0 bridgehead atoms. The number of nitrogens with zero attached hydrogens (tertiary/aromatic N) is 1. The molecule has 1 aliphatic carbocycles. The number of nitrogens with one attached hydrogen (secondary N) is 3. The van der Waals surface area contributed by atoms with E-state index in [1.54, 1.807) is 4.90 Å². The van der Waals surface area contributed by atoms with Crippen molar-refractivity contribution in [3.8, 4) is 0 Å². The lowest BCUT2D eigenvalue weighted by atomic mass is 9.90. The number of ketones is 1. The Morgan fingerprint density at radius 1 is 1.05 bits per heavy atom. The summed E-state index contributed by atoms with van der Waals surface area (Å²) >= 11 is 0.